The van der Waals surface area contributed by atoms with Crippen LogP contribution >= 0.6 is 31.9 Å². The third kappa shape index (κ3) is 4.50. The van der Waals surface area contributed by atoms with Gasteiger partial charge >= 0.3 is 12.0 Å². The van der Waals surface area contributed by atoms with Crippen LogP contribution in [0.3, 0.4) is 0 Å². The minimum Gasteiger partial charge on any atom is -0.480 e. The van der Waals surface area contributed by atoms with Crippen molar-refractivity contribution in [2.75, 3.05) is 11.9 Å². The Morgan fingerprint density at radius 1 is 1.32 bits per heavy atom. The first-order valence-corrected chi connectivity index (χ1v) is 7.15. The second-order valence-corrected chi connectivity index (χ2v) is 5.85. The molecule has 1 aromatic rings. The molecule has 0 heterocycles. The zero-order valence-corrected chi connectivity index (χ0v) is 13.7. The first kappa shape index (κ1) is 16.0. The maximum atomic E-state index is 12.1. The van der Waals surface area contributed by atoms with Gasteiger partial charge in [-0.2, -0.15) is 0 Å². The van der Waals surface area contributed by atoms with Crippen molar-refractivity contribution in [3.8, 4) is 0 Å². The average Bonchev–Trinajstić information content (AvgIpc) is 2.30. The molecule has 0 unspecified atom stereocenters. The van der Waals surface area contributed by atoms with Crippen molar-refractivity contribution < 1.29 is 14.7 Å². The summed E-state index contributed by atoms with van der Waals surface area (Å²) in [5.74, 6) is -1.05. The molecule has 0 aliphatic rings. The van der Waals surface area contributed by atoms with Gasteiger partial charge in [0.1, 0.15) is 6.54 Å². The van der Waals surface area contributed by atoms with Crippen molar-refractivity contribution in [2.45, 2.75) is 19.9 Å². The van der Waals surface area contributed by atoms with E-state index in [4.69, 9.17) is 5.11 Å². The number of nitrogens with zero attached hydrogens (tertiary/aromatic N) is 1. The second-order valence-electron chi connectivity index (χ2n) is 4.14. The van der Waals surface area contributed by atoms with E-state index >= 15 is 0 Å². The van der Waals surface area contributed by atoms with Crippen LogP contribution in [-0.4, -0.2) is 34.6 Å². The van der Waals surface area contributed by atoms with E-state index in [9.17, 15) is 9.59 Å². The number of carbonyl (C=O) groups excluding carboxylic acids is 1. The molecule has 0 spiro atoms. The highest BCUT2D eigenvalue weighted by molar-refractivity contribution is 9.11. The number of carboxylic acid groups (broad SMARTS) is 1. The van der Waals surface area contributed by atoms with E-state index in [0.29, 0.717) is 14.6 Å². The van der Waals surface area contributed by atoms with E-state index in [1.54, 1.807) is 26.0 Å². The van der Waals surface area contributed by atoms with Crippen molar-refractivity contribution >= 4 is 49.5 Å². The molecule has 2 N–H and O–H groups in total. The van der Waals surface area contributed by atoms with Gasteiger partial charge in [0, 0.05) is 15.0 Å². The fraction of sp³-hybridized carbons (Fsp3) is 0.333. The number of urea groups is 1. The van der Waals surface area contributed by atoms with Crippen molar-refractivity contribution in [2.24, 2.45) is 0 Å². The summed E-state index contributed by atoms with van der Waals surface area (Å²) in [6, 6.07) is 4.73. The molecule has 0 fully saturated rings. The van der Waals surface area contributed by atoms with Gasteiger partial charge in [0.25, 0.3) is 0 Å². The predicted molar refractivity (Wildman–Crippen MR) is 80.3 cm³/mol. The Balaban J connectivity index is 2.90. The van der Waals surface area contributed by atoms with Gasteiger partial charge in [-0.05, 0) is 57.8 Å². The normalized spacial score (nSPS) is 10.4. The predicted octanol–water partition coefficient (Wildman–Crippen LogP) is 3.54. The summed E-state index contributed by atoms with van der Waals surface area (Å²) >= 11 is 6.67. The third-order valence-corrected chi connectivity index (χ3v) is 3.71. The maximum Gasteiger partial charge on any atom is 0.323 e. The summed E-state index contributed by atoms with van der Waals surface area (Å²) in [7, 11) is 0. The molecular weight excluding hydrogens is 380 g/mol. The lowest BCUT2D eigenvalue weighted by Crippen LogP contribution is -2.43. The van der Waals surface area contributed by atoms with E-state index in [1.807, 2.05) is 6.07 Å². The van der Waals surface area contributed by atoms with Crippen molar-refractivity contribution in [1.82, 2.24) is 4.90 Å². The number of nitrogens with one attached hydrogen (secondary N) is 1. The smallest absolute Gasteiger partial charge is 0.323 e. The Morgan fingerprint density at radius 2 is 1.84 bits per heavy atom. The highest BCUT2D eigenvalue weighted by atomic mass is 79.9. The highest BCUT2D eigenvalue weighted by Crippen LogP contribution is 2.30. The minimum absolute atomic E-state index is 0.211. The SMILES string of the molecule is CC(C)N(CC(=O)O)C(=O)Nc1c(Br)cccc1Br. The van der Waals surface area contributed by atoms with Crippen LogP contribution in [0.25, 0.3) is 0 Å². The molecule has 0 atom stereocenters. The Labute approximate surface area is 128 Å². The van der Waals surface area contributed by atoms with E-state index in [0.717, 1.165) is 0 Å². The fourth-order valence-electron chi connectivity index (χ4n) is 1.43. The number of carboxylic acids is 1. The molecule has 1 rings (SSSR count). The summed E-state index contributed by atoms with van der Waals surface area (Å²) in [6.07, 6.45) is 0. The summed E-state index contributed by atoms with van der Waals surface area (Å²) in [5, 5.41) is 11.5. The number of hydrogen-bond donors (Lipinski definition) is 2. The van der Waals surface area contributed by atoms with Gasteiger partial charge in [0.2, 0.25) is 0 Å². The van der Waals surface area contributed by atoms with E-state index in [1.165, 1.54) is 4.90 Å². The van der Waals surface area contributed by atoms with Crippen molar-refractivity contribution in [3.05, 3.63) is 27.1 Å². The molecule has 2 amide bonds. The third-order valence-electron chi connectivity index (χ3n) is 2.38. The monoisotopic (exact) mass is 392 g/mol. The molecule has 0 saturated carbocycles. The molecule has 19 heavy (non-hydrogen) atoms. The lowest BCUT2D eigenvalue weighted by Gasteiger charge is -2.25. The number of benzene rings is 1. The van der Waals surface area contributed by atoms with Gasteiger partial charge in [0.15, 0.2) is 0 Å². The molecule has 0 saturated heterocycles. The maximum absolute atomic E-state index is 12.1. The van der Waals surface area contributed by atoms with Crippen molar-refractivity contribution in [1.29, 1.82) is 0 Å². The molecular formula is C12H14Br2N2O3. The topological polar surface area (TPSA) is 69.6 Å². The van der Waals surface area contributed by atoms with Gasteiger partial charge in [0.05, 0.1) is 5.69 Å². The number of hydrogen-bond acceptors (Lipinski definition) is 2. The van der Waals surface area contributed by atoms with Crippen LogP contribution in [0.2, 0.25) is 0 Å². The van der Waals surface area contributed by atoms with Crippen LogP contribution in [0.1, 0.15) is 13.8 Å². The minimum atomic E-state index is -1.05. The number of aliphatic carboxylic acids is 1. The van der Waals surface area contributed by atoms with Crippen LogP contribution in [-0.2, 0) is 4.79 Å². The van der Waals surface area contributed by atoms with Gasteiger partial charge in [-0.3, -0.25) is 4.79 Å². The zero-order valence-electron chi connectivity index (χ0n) is 10.5. The summed E-state index contributed by atoms with van der Waals surface area (Å²) in [4.78, 5) is 24.1. The second kappa shape index (κ2) is 6.91. The Bertz CT molecular complexity index is 472. The van der Waals surface area contributed by atoms with Crippen LogP contribution in [0.4, 0.5) is 10.5 Å². The molecule has 1 aromatic carbocycles. The van der Waals surface area contributed by atoms with Gasteiger partial charge in [-0.15, -0.1) is 0 Å². The summed E-state index contributed by atoms with van der Waals surface area (Å²) in [5.41, 5.74) is 0.573. The van der Waals surface area contributed by atoms with E-state index < -0.39 is 12.0 Å². The standard InChI is InChI=1S/C12H14Br2N2O3/c1-7(2)16(6-10(17)18)12(19)15-11-8(13)4-3-5-9(11)14/h3-5,7H,6H2,1-2H3,(H,15,19)(H,17,18). The molecule has 0 aliphatic carbocycles. The largest absolute Gasteiger partial charge is 0.480 e. The van der Waals surface area contributed by atoms with Crippen molar-refractivity contribution in [3.63, 3.8) is 0 Å². The Hall–Kier alpha value is -1.08. The summed E-state index contributed by atoms with van der Waals surface area (Å²) < 4.78 is 1.43. The van der Waals surface area contributed by atoms with Crippen LogP contribution in [0, 0.1) is 0 Å². The summed E-state index contributed by atoms with van der Waals surface area (Å²) in [6.45, 7) is 3.18. The van der Waals surface area contributed by atoms with Gasteiger partial charge < -0.3 is 15.3 Å². The van der Waals surface area contributed by atoms with Crippen LogP contribution < -0.4 is 5.32 Å². The molecule has 5 nitrogen and oxygen atoms in total. The molecule has 7 heteroatoms. The number of amides is 2. The number of carbonyl (C=O) groups is 2. The van der Waals surface area contributed by atoms with Crippen LogP contribution in [0.15, 0.2) is 27.1 Å². The number of rotatable bonds is 4. The number of halogens is 2. The molecule has 0 aromatic heterocycles. The fourth-order valence-corrected chi connectivity index (χ4v) is 2.63. The first-order chi connectivity index (χ1) is 8.82. The van der Waals surface area contributed by atoms with E-state index in [2.05, 4.69) is 37.2 Å². The Kier molecular flexibility index (Phi) is 5.81. The first-order valence-electron chi connectivity index (χ1n) is 5.56. The average molecular weight is 394 g/mol. The van der Waals surface area contributed by atoms with E-state index in [-0.39, 0.29) is 12.6 Å². The lowest BCUT2D eigenvalue weighted by atomic mass is 10.3. The number of anilines is 1. The highest BCUT2D eigenvalue weighted by Gasteiger charge is 2.21. The number of para-hydroxylation sites is 1. The van der Waals surface area contributed by atoms with Crippen LogP contribution in [0.5, 0.6) is 0 Å². The molecule has 0 radical (unpaired) electrons. The van der Waals surface area contributed by atoms with Gasteiger partial charge in [-0.25, -0.2) is 4.79 Å². The lowest BCUT2D eigenvalue weighted by molar-refractivity contribution is -0.137. The molecule has 0 aliphatic heterocycles. The zero-order chi connectivity index (χ0) is 14.6. The Morgan fingerprint density at radius 3 is 2.26 bits per heavy atom. The van der Waals surface area contributed by atoms with Gasteiger partial charge in [-0.1, -0.05) is 6.07 Å². The quantitative estimate of drug-likeness (QED) is 0.821. The molecule has 104 valence electrons. The molecule has 0 bridgehead atoms.